The quantitative estimate of drug-likeness (QED) is 0.828. The molecule has 1 aliphatic carbocycles. The summed E-state index contributed by atoms with van der Waals surface area (Å²) >= 11 is 0. The number of amides is 1. The van der Waals surface area contributed by atoms with Crippen LogP contribution < -0.4 is 5.32 Å². The maximum absolute atomic E-state index is 12.2. The summed E-state index contributed by atoms with van der Waals surface area (Å²) in [6.07, 6.45) is 3.12. The molecule has 0 saturated heterocycles. The smallest absolute Gasteiger partial charge is 0.230 e. The molecule has 0 aromatic heterocycles. The maximum Gasteiger partial charge on any atom is 0.230 e. The maximum atomic E-state index is 12.2. The van der Waals surface area contributed by atoms with E-state index in [1.165, 1.54) is 5.56 Å². The summed E-state index contributed by atoms with van der Waals surface area (Å²) < 4.78 is 0. The van der Waals surface area contributed by atoms with E-state index in [1.54, 1.807) is 0 Å². The molecule has 0 spiro atoms. The van der Waals surface area contributed by atoms with Gasteiger partial charge in [-0.2, -0.15) is 0 Å². The molecular formula is C14H19NO. The first kappa shape index (κ1) is 11.2. The van der Waals surface area contributed by atoms with E-state index in [4.69, 9.17) is 0 Å². The number of hydrogen-bond donors (Lipinski definition) is 1. The van der Waals surface area contributed by atoms with Gasteiger partial charge in [-0.25, -0.2) is 0 Å². The molecule has 1 aliphatic rings. The van der Waals surface area contributed by atoms with Gasteiger partial charge < -0.3 is 5.32 Å². The van der Waals surface area contributed by atoms with Crippen molar-refractivity contribution in [3.63, 3.8) is 0 Å². The van der Waals surface area contributed by atoms with E-state index in [1.807, 2.05) is 32.0 Å². The zero-order valence-electron chi connectivity index (χ0n) is 9.99. The van der Waals surface area contributed by atoms with Gasteiger partial charge >= 0.3 is 0 Å². The normalized spacial score (nSPS) is 17.9. The molecule has 16 heavy (non-hydrogen) atoms. The van der Waals surface area contributed by atoms with Crippen LogP contribution in [0.25, 0.3) is 0 Å². The van der Waals surface area contributed by atoms with Crippen LogP contribution in [0.4, 0.5) is 0 Å². The second-order valence-electron chi connectivity index (χ2n) is 4.93. The highest BCUT2D eigenvalue weighted by molar-refractivity contribution is 5.89. The summed E-state index contributed by atoms with van der Waals surface area (Å²) in [6, 6.07) is 10.4. The minimum atomic E-state index is -0.245. The van der Waals surface area contributed by atoms with Crippen LogP contribution >= 0.6 is 0 Å². The van der Waals surface area contributed by atoms with E-state index in [0.29, 0.717) is 0 Å². The van der Waals surface area contributed by atoms with Crippen LogP contribution in [-0.4, -0.2) is 11.9 Å². The van der Waals surface area contributed by atoms with Crippen molar-refractivity contribution >= 4 is 5.91 Å². The molecule has 2 nitrogen and oxygen atoms in total. The van der Waals surface area contributed by atoms with Crippen LogP contribution in [0.1, 0.15) is 38.7 Å². The van der Waals surface area contributed by atoms with Crippen LogP contribution in [0, 0.1) is 0 Å². The predicted molar refractivity (Wildman–Crippen MR) is 65.2 cm³/mol. The Bertz CT molecular complexity index is 366. The lowest BCUT2D eigenvalue weighted by Gasteiger charge is -2.41. The van der Waals surface area contributed by atoms with Gasteiger partial charge in [-0.3, -0.25) is 4.79 Å². The van der Waals surface area contributed by atoms with Crippen molar-refractivity contribution < 1.29 is 4.79 Å². The Morgan fingerprint density at radius 2 is 1.88 bits per heavy atom. The lowest BCUT2D eigenvalue weighted by Crippen LogP contribution is -2.50. The van der Waals surface area contributed by atoms with Crippen molar-refractivity contribution in [3.8, 4) is 0 Å². The summed E-state index contributed by atoms with van der Waals surface area (Å²) in [5.74, 6) is 0.194. The Kier molecular flexibility index (Phi) is 2.99. The van der Waals surface area contributed by atoms with Gasteiger partial charge in [0.05, 0.1) is 5.41 Å². The summed E-state index contributed by atoms with van der Waals surface area (Å²) in [7, 11) is 0. The predicted octanol–water partition coefficient (Wildman–Crippen LogP) is 2.63. The van der Waals surface area contributed by atoms with E-state index < -0.39 is 0 Å². The van der Waals surface area contributed by atoms with Crippen LogP contribution in [0.5, 0.6) is 0 Å². The molecule has 2 rings (SSSR count). The molecule has 0 bridgehead atoms. The lowest BCUT2D eigenvalue weighted by molar-refractivity contribution is -0.130. The number of carbonyl (C=O) groups excluding carboxylic acids is 1. The van der Waals surface area contributed by atoms with Crippen molar-refractivity contribution in [1.29, 1.82) is 0 Å². The molecular weight excluding hydrogens is 198 g/mol. The third kappa shape index (κ3) is 1.84. The van der Waals surface area contributed by atoms with Gasteiger partial charge in [0, 0.05) is 6.04 Å². The molecule has 0 atom stereocenters. The van der Waals surface area contributed by atoms with Crippen molar-refractivity contribution in [3.05, 3.63) is 35.9 Å². The molecule has 1 amide bonds. The number of nitrogens with one attached hydrogen (secondary N) is 1. The van der Waals surface area contributed by atoms with Crippen molar-refractivity contribution in [1.82, 2.24) is 5.32 Å². The van der Waals surface area contributed by atoms with E-state index in [-0.39, 0.29) is 17.4 Å². The average Bonchev–Trinajstić information content (AvgIpc) is 2.16. The van der Waals surface area contributed by atoms with E-state index in [9.17, 15) is 4.79 Å². The molecule has 0 unspecified atom stereocenters. The molecule has 1 saturated carbocycles. The number of rotatable bonds is 3. The molecule has 1 aromatic carbocycles. The van der Waals surface area contributed by atoms with Gasteiger partial charge in [0.25, 0.3) is 0 Å². The third-order valence-electron chi connectivity index (χ3n) is 3.39. The number of hydrogen-bond acceptors (Lipinski definition) is 1. The van der Waals surface area contributed by atoms with Crippen molar-refractivity contribution in [2.45, 2.75) is 44.6 Å². The zero-order valence-corrected chi connectivity index (χ0v) is 9.99. The summed E-state index contributed by atoms with van der Waals surface area (Å²) in [6.45, 7) is 4.02. The Morgan fingerprint density at radius 1 is 1.25 bits per heavy atom. The van der Waals surface area contributed by atoms with Gasteiger partial charge in [-0.05, 0) is 32.3 Å². The van der Waals surface area contributed by atoms with Gasteiger partial charge in [-0.15, -0.1) is 0 Å². The average molecular weight is 217 g/mol. The van der Waals surface area contributed by atoms with Crippen LogP contribution in [-0.2, 0) is 10.2 Å². The highest BCUT2D eigenvalue weighted by atomic mass is 16.2. The van der Waals surface area contributed by atoms with Crippen molar-refractivity contribution in [2.24, 2.45) is 0 Å². The Labute approximate surface area is 97.1 Å². The minimum absolute atomic E-state index is 0.194. The van der Waals surface area contributed by atoms with Crippen LogP contribution in [0.2, 0.25) is 0 Å². The fourth-order valence-electron chi connectivity index (χ4n) is 2.33. The molecule has 0 heterocycles. The summed E-state index contributed by atoms with van der Waals surface area (Å²) in [5, 5.41) is 3.05. The summed E-state index contributed by atoms with van der Waals surface area (Å²) in [5.41, 5.74) is 0.922. The monoisotopic (exact) mass is 217 g/mol. The molecule has 0 aliphatic heterocycles. The second-order valence-corrected chi connectivity index (χ2v) is 4.93. The largest absolute Gasteiger partial charge is 0.353 e. The first-order chi connectivity index (χ1) is 7.65. The van der Waals surface area contributed by atoms with Gasteiger partial charge in [-0.1, -0.05) is 36.8 Å². The van der Waals surface area contributed by atoms with Crippen molar-refractivity contribution in [2.75, 3.05) is 0 Å². The van der Waals surface area contributed by atoms with E-state index >= 15 is 0 Å². The zero-order chi connectivity index (χ0) is 11.6. The minimum Gasteiger partial charge on any atom is -0.353 e. The fourth-order valence-corrected chi connectivity index (χ4v) is 2.33. The van der Waals surface area contributed by atoms with Crippen LogP contribution in [0.15, 0.2) is 30.3 Å². The molecule has 1 N–H and O–H groups in total. The molecule has 86 valence electrons. The van der Waals surface area contributed by atoms with E-state index in [2.05, 4.69) is 17.4 Å². The second kappa shape index (κ2) is 4.28. The SMILES string of the molecule is CC(C)NC(=O)C1(c2ccccc2)CCC1. The third-order valence-corrected chi connectivity index (χ3v) is 3.39. The Morgan fingerprint density at radius 3 is 2.31 bits per heavy atom. The highest BCUT2D eigenvalue weighted by Gasteiger charge is 2.45. The molecule has 0 radical (unpaired) electrons. The Hall–Kier alpha value is -1.31. The topological polar surface area (TPSA) is 29.1 Å². The van der Waals surface area contributed by atoms with Gasteiger partial charge in [0.1, 0.15) is 0 Å². The molecule has 2 heteroatoms. The molecule has 1 fully saturated rings. The number of carbonyl (C=O) groups is 1. The Balaban J connectivity index is 2.23. The lowest BCUT2D eigenvalue weighted by atomic mass is 9.63. The van der Waals surface area contributed by atoms with E-state index in [0.717, 1.165) is 19.3 Å². The van der Waals surface area contributed by atoms with Crippen LogP contribution in [0.3, 0.4) is 0 Å². The fraction of sp³-hybridized carbons (Fsp3) is 0.500. The first-order valence-electron chi connectivity index (χ1n) is 6.02. The molecule has 1 aromatic rings. The van der Waals surface area contributed by atoms with Gasteiger partial charge in [0.15, 0.2) is 0 Å². The standard InChI is InChI=1S/C14H19NO/c1-11(2)15-13(16)14(9-6-10-14)12-7-4-3-5-8-12/h3-5,7-8,11H,6,9-10H2,1-2H3,(H,15,16). The van der Waals surface area contributed by atoms with Gasteiger partial charge in [0.2, 0.25) is 5.91 Å². The number of benzene rings is 1. The highest BCUT2D eigenvalue weighted by Crippen LogP contribution is 2.43. The first-order valence-corrected chi connectivity index (χ1v) is 6.02. The summed E-state index contributed by atoms with van der Waals surface area (Å²) in [4.78, 5) is 12.2.